The summed E-state index contributed by atoms with van der Waals surface area (Å²) in [5.41, 5.74) is 0.644. The molecule has 1 N–H and O–H groups in total. The molecular weight excluding hydrogens is 232 g/mol. The van der Waals surface area contributed by atoms with Crippen molar-refractivity contribution in [3.8, 4) is 0 Å². The van der Waals surface area contributed by atoms with Crippen molar-refractivity contribution in [2.24, 2.45) is 0 Å². The molecule has 98 valence electrons. The quantitative estimate of drug-likeness (QED) is 0.742. The molecule has 0 radical (unpaired) electrons. The molecule has 0 unspecified atom stereocenters. The molecule has 0 aromatic carbocycles. The van der Waals surface area contributed by atoms with Crippen LogP contribution >= 0.6 is 0 Å². The van der Waals surface area contributed by atoms with Gasteiger partial charge in [0.15, 0.2) is 5.65 Å². The predicted molar refractivity (Wildman–Crippen MR) is 67.4 cm³/mol. The molecule has 0 fully saturated rings. The number of rotatable bonds is 7. The number of unbranched alkanes of at least 4 members (excludes halogenated alkanes) is 1. The van der Waals surface area contributed by atoms with Gasteiger partial charge < -0.3 is 10.1 Å². The van der Waals surface area contributed by atoms with Crippen molar-refractivity contribution >= 4 is 11.5 Å². The third-order valence-electron chi connectivity index (χ3n) is 2.40. The fourth-order valence-electron chi connectivity index (χ4n) is 1.51. The first-order valence-electron chi connectivity index (χ1n) is 6.16. The highest BCUT2D eigenvalue weighted by Crippen LogP contribution is 2.03. The highest BCUT2D eigenvalue weighted by Gasteiger charge is 1.99. The first-order chi connectivity index (χ1) is 8.75. The summed E-state index contributed by atoms with van der Waals surface area (Å²) in [5, 5.41) is 18.5. The Labute approximate surface area is 106 Å². The molecule has 7 nitrogen and oxygen atoms in total. The van der Waals surface area contributed by atoms with Crippen molar-refractivity contribution < 1.29 is 4.74 Å². The summed E-state index contributed by atoms with van der Waals surface area (Å²) in [4.78, 5) is 0. The monoisotopic (exact) mass is 250 g/mol. The molecule has 2 aromatic heterocycles. The number of anilines is 1. The van der Waals surface area contributed by atoms with Gasteiger partial charge in [0.2, 0.25) is 0 Å². The molecule has 0 saturated heterocycles. The number of hydrogen-bond donors (Lipinski definition) is 1. The van der Waals surface area contributed by atoms with Crippen LogP contribution in [0, 0.1) is 0 Å². The number of nitrogens with one attached hydrogen (secondary N) is 1. The van der Waals surface area contributed by atoms with Crippen molar-refractivity contribution in [3.63, 3.8) is 0 Å². The maximum Gasteiger partial charge on any atom is 0.200 e. The Morgan fingerprint density at radius 2 is 2.22 bits per heavy atom. The lowest BCUT2D eigenvalue weighted by Crippen LogP contribution is -2.08. The largest absolute Gasteiger partial charge is 0.379 e. The molecule has 0 saturated carbocycles. The van der Waals surface area contributed by atoms with Crippen LogP contribution in [0.4, 0.5) is 5.82 Å². The van der Waals surface area contributed by atoms with E-state index in [0.717, 1.165) is 31.8 Å². The van der Waals surface area contributed by atoms with Gasteiger partial charge in [0, 0.05) is 13.2 Å². The fraction of sp³-hybridized carbons (Fsp3) is 0.636. The Hall–Kier alpha value is -1.76. The average molecular weight is 250 g/mol. The van der Waals surface area contributed by atoms with Crippen LogP contribution in [0.5, 0.6) is 0 Å². The van der Waals surface area contributed by atoms with Gasteiger partial charge >= 0.3 is 0 Å². The Bertz CT molecular complexity index is 483. The van der Waals surface area contributed by atoms with Gasteiger partial charge in [-0.3, -0.25) is 0 Å². The molecular formula is C11H18N6O. The van der Waals surface area contributed by atoms with Crippen LogP contribution in [0.1, 0.15) is 26.7 Å². The summed E-state index contributed by atoms with van der Waals surface area (Å²) in [5.74, 6) is 0.777. The first kappa shape index (κ1) is 12.7. The van der Waals surface area contributed by atoms with Crippen molar-refractivity contribution in [2.75, 3.05) is 18.5 Å². The van der Waals surface area contributed by atoms with Crippen LogP contribution < -0.4 is 5.32 Å². The van der Waals surface area contributed by atoms with Gasteiger partial charge in [-0.1, -0.05) is 0 Å². The summed E-state index contributed by atoms with van der Waals surface area (Å²) in [6.45, 7) is 5.76. The summed E-state index contributed by atoms with van der Waals surface area (Å²) in [6, 6.07) is 3.70. The highest BCUT2D eigenvalue weighted by molar-refractivity contribution is 5.41. The molecule has 0 aliphatic rings. The molecule has 18 heavy (non-hydrogen) atoms. The predicted octanol–water partition coefficient (Wildman–Crippen LogP) is 1.14. The Morgan fingerprint density at radius 1 is 1.33 bits per heavy atom. The van der Waals surface area contributed by atoms with Crippen LogP contribution in [-0.2, 0) is 4.74 Å². The highest BCUT2D eigenvalue weighted by atomic mass is 16.5. The minimum absolute atomic E-state index is 0.307. The van der Waals surface area contributed by atoms with E-state index < -0.39 is 0 Å². The molecule has 2 heterocycles. The average Bonchev–Trinajstić information content (AvgIpc) is 2.80. The maximum atomic E-state index is 5.47. The molecule has 0 aliphatic carbocycles. The van der Waals surface area contributed by atoms with Crippen LogP contribution in [0.15, 0.2) is 12.1 Å². The van der Waals surface area contributed by atoms with Crippen LogP contribution in [0.3, 0.4) is 0 Å². The zero-order valence-corrected chi connectivity index (χ0v) is 10.7. The van der Waals surface area contributed by atoms with Gasteiger partial charge in [0.05, 0.1) is 6.10 Å². The van der Waals surface area contributed by atoms with Crippen LogP contribution in [0.2, 0.25) is 0 Å². The van der Waals surface area contributed by atoms with Crippen LogP contribution in [-0.4, -0.2) is 44.5 Å². The van der Waals surface area contributed by atoms with Crippen molar-refractivity contribution in [1.29, 1.82) is 0 Å². The van der Waals surface area contributed by atoms with E-state index in [1.165, 1.54) is 4.63 Å². The van der Waals surface area contributed by atoms with E-state index in [9.17, 15) is 0 Å². The SMILES string of the molecule is CC(C)OCCCCNc1ccc2nnnn2n1. The smallest absolute Gasteiger partial charge is 0.200 e. The Kier molecular flexibility index (Phi) is 4.40. The number of ether oxygens (including phenoxy) is 1. The van der Waals surface area contributed by atoms with E-state index in [2.05, 4.69) is 25.9 Å². The van der Waals surface area contributed by atoms with Gasteiger partial charge in [-0.15, -0.1) is 14.8 Å². The number of aromatic nitrogens is 5. The lowest BCUT2D eigenvalue weighted by molar-refractivity contribution is 0.0765. The van der Waals surface area contributed by atoms with Gasteiger partial charge in [0.1, 0.15) is 5.82 Å². The topological polar surface area (TPSA) is 77.2 Å². The minimum Gasteiger partial charge on any atom is -0.379 e. The molecule has 2 aromatic rings. The van der Waals surface area contributed by atoms with Crippen molar-refractivity contribution in [1.82, 2.24) is 25.3 Å². The Balaban J connectivity index is 1.70. The van der Waals surface area contributed by atoms with E-state index in [-0.39, 0.29) is 0 Å². The second-order valence-corrected chi connectivity index (χ2v) is 4.30. The fourth-order valence-corrected chi connectivity index (χ4v) is 1.51. The third-order valence-corrected chi connectivity index (χ3v) is 2.40. The van der Waals surface area contributed by atoms with E-state index >= 15 is 0 Å². The number of hydrogen-bond acceptors (Lipinski definition) is 6. The van der Waals surface area contributed by atoms with E-state index in [0.29, 0.717) is 11.8 Å². The second-order valence-electron chi connectivity index (χ2n) is 4.30. The standard InChI is InChI=1S/C11H18N6O/c1-9(2)18-8-4-3-7-12-10-5-6-11-13-15-16-17(11)14-10/h5-6,9H,3-4,7-8H2,1-2H3,(H,12,14). The van der Waals surface area contributed by atoms with Gasteiger partial charge in [-0.25, -0.2) is 0 Å². The lowest BCUT2D eigenvalue weighted by Gasteiger charge is -2.07. The van der Waals surface area contributed by atoms with Gasteiger partial charge in [0.25, 0.3) is 0 Å². The summed E-state index contributed by atoms with van der Waals surface area (Å²) < 4.78 is 6.87. The van der Waals surface area contributed by atoms with E-state index in [4.69, 9.17) is 4.74 Å². The molecule has 2 rings (SSSR count). The Morgan fingerprint density at radius 3 is 3.06 bits per heavy atom. The first-order valence-corrected chi connectivity index (χ1v) is 6.16. The number of fused-ring (bicyclic) bond motifs is 1. The molecule has 0 spiro atoms. The van der Waals surface area contributed by atoms with Gasteiger partial charge in [-0.05, 0) is 49.2 Å². The number of nitrogens with zero attached hydrogens (tertiary/aromatic N) is 5. The lowest BCUT2D eigenvalue weighted by atomic mass is 10.3. The molecule has 0 amide bonds. The summed E-state index contributed by atoms with van der Waals surface area (Å²) >= 11 is 0. The van der Waals surface area contributed by atoms with E-state index in [1.54, 1.807) is 0 Å². The van der Waals surface area contributed by atoms with Crippen LogP contribution in [0.25, 0.3) is 5.65 Å². The summed E-state index contributed by atoms with van der Waals surface area (Å²) in [6.07, 6.45) is 2.39. The molecule has 0 bridgehead atoms. The van der Waals surface area contributed by atoms with Crippen molar-refractivity contribution in [2.45, 2.75) is 32.8 Å². The van der Waals surface area contributed by atoms with Crippen molar-refractivity contribution in [3.05, 3.63) is 12.1 Å². The summed E-state index contributed by atoms with van der Waals surface area (Å²) in [7, 11) is 0. The molecule has 7 heteroatoms. The maximum absolute atomic E-state index is 5.47. The third kappa shape index (κ3) is 3.63. The number of tetrazole rings is 1. The van der Waals surface area contributed by atoms with E-state index in [1.807, 2.05) is 26.0 Å². The molecule has 0 aliphatic heterocycles. The molecule has 0 atom stereocenters. The zero-order valence-electron chi connectivity index (χ0n) is 10.7. The minimum atomic E-state index is 0.307. The zero-order chi connectivity index (χ0) is 12.8. The normalized spacial score (nSPS) is 11.3. The second kappa shape index (κ2) is 6.25. The van der Waals surface area contributed by atoms with Gasteiger partial charge in [-0.2, -0.15) is 0 Å².